The molecule has 6 heteroatoms. The minimum absolute atomic E-state index is 0.0474. The van der Waals surface area contributed by atoms with Gasteiger partial charge < -0.3 is 20.3 Å². The number of rotatable bonds is 50. The summed E-state index contributed by atoms with van der Waals surface area (Å²) in [6, 6.07) is -0.718. The second-order valence-corrected chi connectivity index (χ2v) is 19.0. The van der Waals surface area contributed by atoms with Gasteiger partial charge in [-0.1, -0.05) is 267 Å². The van der Waals surface area contributed by atoms with E-state index >= 15 is 0 Å². The Kier molecular flexibility index (Phi) is 51.1. The lowest BCUT2D eigenvalue weighted by atomic mass is 10.0. The Hall–Kier alpha value is -2.70. The fraction of sp³-hybridized carbons (Fsp3) is 0.767. The second-order valence-electron chi connectivity index (χ2n) is 19.0. The Morgan fingerprint density at radius 2 is 0.788 bits per heavy atom. The fourth-order valence-corrected chi connectivity index (χ4v) is 8.34. The normalized spacial score (nSPS) is 13.7. The van der Waals surface area contributed by atoms with Crippen molar-refractivity contribution in [2.24, 2.45) is 0 Å². The highest BCUT2D eigenvalue weighted by molar-refractivity contribution is 5.77. The average Bonchev–Trinajstić information content (AvgIpc) is 3.31. The molecular formula is C60H107NO5. The van der Waals surface area contributed by atoms with E-state index in [-0.39, 0.29) is 31.3 Å². The Morgan fingerprint density at radius 1 is 0.455 bits per heavy atom. The highest BCUT2D eigenvalue weighted by Crippen LogP contribution is 2.18. The fourth-order valence-electron chi connectivity index (χ4n) is 8.34. The Bertz CT molecular complexity index is 1220. The number of esters is 1. The van der Waals surface area contributed by atoms with E-state index in [1.54, 1.807) is 0 Å². The number of carbonyl (C=O) groups excluding carboxylic acids is 2. The van der Waals surface area contributed by atoms with Gasteiger partial charge >= 0.3 is 5.97 Å². The molecule has 0 aliphatic carbocycles. The molecule has 0 aliphatic rings. The summed E-state index contributed by atoms with van der Waals surface area (Å²) in [6.45, 7) is 6.37. The molecule has 0 radical (unpaired) electrons. The first-order valence-electron chi connectivity index (χ1n) is 28.2. The lowest BCUT2D eigenvalue weighted by molar-refractivity contribution is -0.150. The molecule has 0 aromatic rings. The number of carbonyl (C=O) groups is 2. The molecular weight excluding hydrogens is 815 g/mol. The Balaban J connectivity index is 4.57. The van der Waals surface area contributed by atoms with Crippen molar-refractivity contribution in [1.82, 2.24) is 5.32 Å². The van der Waals surface area contributed by atoms with Gasteiger partial charge in [0.15, 0.2) is 0 Å². The number of aliphatic hydroxyl groups is 2. The maximum atomic E-state index is 13.2. The number of hydrogen-bond acceptors (Lipinski definition) is 5. The first kappa shape index (κ1) is 63.3. The maximum Gasteiger partial charge on any atom is 0.306 e. The zero-order valence-electron chi connectivity index (χ0n) is 43.6. The molecule has 3 unspecified atom stereocenters. The largest absolute Gasteiger partial charge is 0.462 e. The lowest BCUT2D eigenvalue weighted by Crippen LogP contribution is -2.46. The molecule has 0 aromatic heterocycles. The third-order valence-corrected chi connectivity index (χ3v) is 12.6. The molecule has 6 nitrogen and oxygen atoms in total. The van der Waals surface area contributed by atoms with Crippen LogP contribution in [-0.4, -0.2) is 46.9 Å². The van der Waals surface area contributed by atoms with Gasteiger partial charge in [-0.2, -0.15) is 0 Å². The molecule has 0 rings (SSSR count). The molecule has 0 heterocycles. The summed E-state index contributed by atoms with van der Waals surface area (Å²) in [5.74, 6) is -0.568. The molecule has 3 N–H and O–H groups in total. The standard InChI is InChI=1S/C60H107NO5/c1-4-7-10-13-16-19-22-24-26-28-29-31-33-35-38-41-44-47-50-53-60(65)66-56(51-48-45-42-39-36-21-18-15-12-9-6-3)54-59(64)61-57(55-62)58(63)52-49-46-43-40-37-34-32-30-27-25-23-20-17-14-11-8-5-2/h7,10,16,19,24,26,29,31,35,38,44,47,56-58,62-63H,4-6,8-9,11-15,17-18,20-23,25,27-28,30,32-34,36-37,39-43,45-46,48-55H2,1-3H3,(H,61,64)/b10-7-,19-16-,26-24-,31-29-,38-35-,47-44-. The smallest absolute Gasteiger partial charge is 0.306 e. The Morgan fingerprint density at radius 3 is 1.15 bits per heavy atom. The molecule has 0 bridgehead atoms. The first-order valence-corrected chi connectivity index (χ1v) is 28.2. The second kappa shape index (κ2) is 53.3. The van der Waals surface area contributed by atoms with Gasteiger partial charge in [0, 0.05) is 6.42 Å². The van der Waals surface area contributed by atoms with E-state index in [9.17, 15) is 19.8 Å². The van der Waals surface area contributed by atoms with E-state index in [1.807, 2.05) is 6.08 Å². The third-order valence-electron chi connectivity index (χ3n) is 12.6. The summed E-state index contributed by atoms with van der Waals surface area (Å²) in [5, 5.41) is 23.8. The molecule has 0 saturated heterocycles. The van der Waals surface area contributed by atoms with Crippen molar-refractivity contribution in [3.8, 4) is 0 Å². The third kappa shape index (κ3) is 47.8. The van der Waals surface area contributed by atoms with Crippen LogP contribution < -0.4 is 5.32 Å². The number of unbranched alkanes of at least 4 members (excludes halogenated alkanes) is 26. The van der Waals surface area contributed by atoms with E-state index in [0.717, 1.165) is 77.0 Å². The molecule has 382 valence electrons. The highest BCUT2D eigenvalue weighted by Gasteiger charge is 2.24. The summed E-state index contributed by atoms with van der Waals surface area (Å²) in [6.07, 6.45) is 68.3. The predicted octanol–water partition coefficient (Wildman–Crippen LogP) is 17.3. The van der Waals surface area contributed by atoms with Crippen molar-refractivity contribution in [3.05, 3.63) is 72.9 Å². The van der Waals surface area contributed by atoms with Crippen molar-refractivity contribution in [1.29, 1.82) is 0 Å². The van der Waals surface area contributed by atoms with Gasteiger partial charge in [-0.3, -0.25) is 9.59 Å². The van der Waals surface area contributed by atoms with E-state index in [0.29, 0.717) is 19.3 Å². The van der Waals surface area contributed by atoms with Crippen LogP contribution in [0.4, 0.5) is 0 Å². The maximum absolute atomic E-state index is 13.2. The molecule has 3 atom stereocenters. The van der Waals surface area contributed by atoms with Crippen LogP contribution >= 0.6 is 0 Å². The van der Waals surface area contributed by atoms with E-state index in [2.05, 4.69) is 92.9 Å². The number of amides is 1. The van der Waals surface area contributed by atoms with Crippen LogP contribution in [0.25, 0.3) is 0 Å². The van der Waals surface area contributed by atoms with Crippen LogP contribution in [-0.2, 0) is 14.3 Å². The minimum Gasteiger partial charge on any atom is -0.462 e. The highest BCUT2D eigenvalue weighted by atomic mass is 16.5. The van der Waals surface area contributed by atoms with Crippen LogP contribution in [0, 0.1) is 0 Å². The zero-order chi connectivity index (χ0) is 48.1. The molecule has 0 aromatic carbocycles. The van der Waals surface area contributed by atoms with Crippen molar-refractivity contribution in [2.45, 2.75) is 289 Å². The monoisotopic (exact) mass is 922 g/mol. The van der Waals surface area contributed by atoms with Gasteiger partial charge in [0.05, 0.1) is 25.2 Å². The van der Waals surface area contributed by atoms with Crippen molar-refractivity contribution < 1.29 is 24.5 Å². The quantitative estimate of drug-likeness (QED) is 0.0321. The van der Waals surface area contributed by atoms with Crippen LogP contribution in [0.3, 0.4) is 0 Å². The van der Waals surface area contributed by atoms with Gasteiger partial charge in [0.25, 0.3) is 0 Å². The van der Waals surface area contributed by atoms with Crippen molar-refractivity contribution in [3.63, 3.8) is 0 Å². The number of ether oxygens (including phenoxy) is 1. The van der Waals surface area contributed by atoms with E-state index < -0.39 is 18.2 Å². The molecule has 0 saturated carbocycles. The molecule has 0 spiro atoms. The van der Waals surface area contributed by atoms with Gasteiger partial charge in [0.2, 0.25) is 5.91 Å². The topological polar surface area (TPSA) is 95.9 Å². The number of allylic oxidation sites excluding steroid dienone is 12. The van der Waals surface area contributed by atoms with Gasteiger partial charge in [-0.15, -0.1) is 0 Å². The first-order chi connectivity index (χ1) is 32.5. The lowest BCUT2D eigenvalue weighted by Gasteiger charge is -2.24. The minimum atomic E-state index is -0.802. The Labute approximate surface area is 409 Å². The zero-order valence-corrected chi connectivity index (χ0v) is 43.6. The van der Waals surface area contributed by atoms with Crippen LogP contribution in [0.15, 0.2) is 72.9 Å². The number of hydrogen-bond donors (Lipinski definition) is 3. The molecule has 1 amide bonds. The summed E-state index contributed by atoms with van der Waals surface area (Å²) < 4.78 is 5.90. The molecule has 66 heavy (non-hydrogen) atoms. The summed E-state index contributed by atoms with van der Waals surface area (Å²) in [7, 11) is 0. The van der Waals surface area contributed by atoms with Gasteiger partial charge in [-0.25, -0.2) is 0 Å². The van der Waals surface area contributed by atoms with Gasteiger partial charge in [-0.05, 0) is 64.2 Å². The van der Waals surface area contributed by atoms with Crippen LogP contribution in [0.2, 0.25) is 0 Å². The summed E-state index contributed by atoms with van der Waals surface area (Å²) >= 11 is 0. The number of nitrogens with one attached hydrogen (secondary N) is 1. The summed E-state index contributed by atoms with van der Waals surface area (Å²) in [4.78, 5) is 26.2. The van der Waals surface area contributed by atoms with Crippen molar-refractivity contribution >= 4 is 11.9 Å². The SMILES string of the molecule is CC/C=C\C/C=C\C/C=C\C/C=C\C/C=C\C/C=C\CCC(=O)OC(CCCCCCCCCCCCC)CC(=O)NC(CO)C(O)CCCCCCCCCCCCCCCCCCC. The average molecular weight is 923 g/mol. The van der Waals surface area contributed by atoms with E-state index in [1.165, 1.54) is 141 Å². The number of aliphatic hydroxyl groups excluding tert-OH is 2. The summed E-state index contributed by atoms with van der Waals surface area (Å²) in [5.41, 5.74) is 0. The molecule has 0 aliphatic heterocycles. The van der Waals surface area contributed by atoms with Crippen LogP contribution in [0.1, 0.15) is 271 Å². The van der Waals surface area contributed by atoms with Crippen LogP contribution in [0.5, 0.6) is 0 Å². The predicted molar refractivity (Wildman–Crippen MR) is 287 cm³/mol. The molecule has 0 fully saturated rings. The van der Waals surface area contributed by atoms with Crippen molar-refractivity contribution in [2.75, 3.05) is 6.61 Å². The van der Waals surface area contributed by atoms with Gasteiger partial charge in [0.1, 0.15) is 6.10 Å². The van der Waals surface area contributed by atoms with E-state index in [4.69, 9.17) is 4.74 Å².